The van der Waals surface area contributed by atoms with E-state index >= 15 is 0 Å². The van der Waals surface area contributed by atoms with Gasteiger partial charge in [0.25, 0.3) is 0 Å². The van der Waals surface area contributed by atoms with Crippen molar-refractivity contribution in [2.24, 2.45) is 10.4 Å². The molecule has 5 nitrogen and oxygen atoms in total. The van der Waals surface area contributed by atoms with Crippen LogP contribution in [-0.4, -0.2) is 42.9 Å². The minimum Gasteiger partial charge on any atom is -0.355 e. The van der Waals surface area contributed by atoms with E-state index in [0.717, 1.165) is 25.6 Å². The first-order chi connectivity index (χ1) is 14.7. The molecule has 0 aromatic carbocycles. The van der Waals surface area contributed by atoms with E-state index < -0.39 is 22.7 Å². The SMILES string of the molecule is C[C@@]1(C2(c3nc(N4CC5(CNC5)C4)cc(C(F)(F)F)c3C#N)CCC2)C=CC=CC=N1. The van der Waals surface area contributed by atoms with Gasteiger partial charge in [0.15, 0.2) is 0 Å². The van der Waals surface area contributed by atoms with E-state index in [0.29, 0.717) is 31.7 Å². The Hall–Kier alpha value is -2.66. The van der Waals surface area contributed by atoms with Crippen LogP contribution in [0.25, 0.3) is 0 Å². The van der Waals surface area contributed by atoms with Crippen LogP contribution in [-0.2, 0) is 11.6 Å². The fraction of sp³-hybridized carbons (Fsp3) is 0.522. The zero-order chi connectivity index (χ0) is 21.9. The van der Waals surface area contributed by atoms with Crippen molar-refractivity contribution in [1.29, 1.82) is 5.26 Å². The second-order valence-corrected chi connectivity index (χ2v) is 9.43. The molecular formula is C23H24F3N5. The molecule has 5 rings (SSSR count). The highest BCUT2D eigenvalue weighted by atomic mass is 19.4. The molecule has 1 aromatic rings. The number of nitriles is 1. The normalized spacial score (nSPS) is 27.8. The van der Waals surface area contributed by atoms with Gasteiger partial charge < -0.3 is 10.2 Å². The number of alkyl halides is 3. The maximum absolute atomic E-state index is 14.1. The predicted octanol–water partition coefficient (Wildman–Crippen LogP) is 3.76. The van der Waals surface area contributed by atoms with Crippen molar-refractivity contribution in [1.82, 2.24) is 10.3 Å². The smallest absolute Gasteiger partial charge is 0.355 e. The second-order valence-electron chi connectivity index (χ2n) is 9.43. The van der Waals surface area contributed by atoms with Crippen molar-refractivity contribution in [2.75, 3.05) is 31.1 Å². The summed E-state index contributed by atoms with van der Waals surface area (Å²) in [7, 11) is 0. The number of aliphatic imine (C=N–C) groups is 1. The molecule has 8 heteroatoms. The molecule has 1 spiro atoms. The molecule has 31 heavy (non-hydrogen) atoms. The van der Waals surface area contributed by atoms with E-state index in [1.54, 1.807) is 12.3 Å². The van der Waals surface area contributed by atoms with Gasteiger partial charge >= 0.3 is 6.18 Å². The number of pyridine rings is 1. The Morgan fingerprint density at radius 1 is 1.16 bits per heavy atom. The molecule has 0 bridgehead atoms. The van der Waals surface area contributed by atoms with Gasteiger partial charge in [0, 0.05) is 43.2 Å². The predicted molar refractivity (Wildman–Crippen MR) is 112 cm³/mol. The number of rotatable bonds is 3. The van der Waals surface area contributed by atoms with Crippen LogP contribution in [0, 0.1) is 16.7 Å². The summed E-state index contributed by atoms with van der Waals surface area (Å²) in [6.07, 6.45) is 6.65. The van der Waals surface area contributed by atoms with Crippen molar-refractivity contribution in [2.45, 2.75) is 43.3 Å². The van der Waals surface area contributed by atoms with E-state index in [4.69, 9.17) is 9.98 Å². The minimum absolute atomic E-state index is 0.147. The third-order valence-corrected chi connectivity index (χ3v) is 7.50. The quantitative estimate of drug-likeness (QED) is 0.798. The third kappa shape index (κ3) is 2.93. The number of hydrogen-bond donors (Lipinski definition) is 1. The van der Waals surface area contributed by atoms with Crippen molar-refractivity contribution in [3.05, 3.63) is 47.2 Å². The van der Waals surface area contributed by atoms with Crippen LogP contribution in [0.2, 0.25) is 0 Å². The van der Waals surface area contributed by atoms with Crippen LogP contribution in [0.4, 0.5) is 19.0 Å². The molecule has 3 fully saturated rings. The summed E-state index contributed by atoms with van der Waals surface area (Å²) in [4.78, 5) is 11.4. The van der Waals surface area contributed by atoms with Crippen molar-refractivity contribution >= 4 is 12.0 Å². The Labute approximate surface area is 179 Å². The van der Waals surface area contributed by atoms with Crippen LogP contribution in [0.5, 0.6) is 0 Å². The largest absolute Gasteiger partial charge is 0.417 e. The van der Waals surface area contributed by atoms with E-state index in [9.17, 15) is 18.4 Å². The molecule has 1 aliphatic carbocycles. The Morgan fingerprint density at radius 3 is 2.45 bits per heavy atom. The van der Waals surface area contributed by atoms with Crippen LogP contribution < -0.4 is 10.2 Å². The maximum atomic E-state index is 14.1. The molecule has 2 saturated heterocycles. The van der Waals surface area contributed by atoms with Crippen molar-refractivity contribution in [3.63, 3.8) is 0 Å². The Bertz CT molecular complexity index is 1010. The van der Waals surface area contributed by atoms with E-state index in [2.05, 4.69) is 5.32 Å². The molecule has 1 atom stereocenters. The van der Waals surface area contributed by atoms with Crippen LogP contribution >= 0.6 is 0 Å². The average molecular weight is 427 g/mol. The van der Waals surface area contributed by atoms with Gasteiger partial charge in [-0.15, -0.1) is 0 Å². The standard InChI is InChI=1S/C23H24F3N5/c1-20(6-3-2-4-9-29-20)22(7-5-8-22)19-16(11-27)17(23(24,25)26)10-18(30-19)31-14-21(15-31)12-28-13-21/h2-4,6,9-10,28H,5,7-8,12-15H2,1H3/t20-/m0/s1. The Kier molecular flexibility index (Phi) is 4.36. The molecule has 0 radical (unpaired) electrons. The second kappa shape index (κ2) is 6.67. The van der Waals surface area contributed by atoms with E-state index in [-0.39, 0.29) is 16.7 Å². The first kappa shape index (κ1) is 20.3. The molecule has 1 aromatic heterocycles. The van der Waals surface area contributed by atoms with Crippen LogP contribution in [0.3, 0.4) is 0 Å². The van der Waals surface area contributed by atoms with Gasteiger partial charge in [-0.3, -0.25) is 4.99 Å². The first-order valence-corrected chi connectivity index (χ1v) is 10.6. The lowest BCUT2D eigenvalue weighted by molar-refractivity contribution is -0.138. The summed E-state index contributed by atoms with van der Waals surface area (Å²) in [6, 6.07) is 2.91. The number of anilines is 1. The van der Waals surface area contributed by atoms with Gasteiger partial charge in [0.05, 0.1) is 22.4 Å². The highest BCUT2D eigenvalue weighted by Crippen LogP contribution is 2.55. The first-order valence-electron chi connectivity index (χ1n) is 10.6. The molecular weight excluding hydrogens is 403 g/mol. The van der Waals surface area contributed by atoms with Gasteiger partial charge in [-0.05, 0) is 31.9 Å². The van der Waals surface area contributed by atoms with Crippen LogP contribution in [0.1, 0.15) is 43.0 Å². The molecule has 162 valence electrons. The van der Waals surface area contributed by atoms with Gasteiger partial charge in [-0.1, -0.05) is 24.6 Å². The summed E-state index contributed by atoms with van der Waals surface area (Å²) >= 11 is 0. The zero-order valence-corrected chi connectivity index (χ0v) is 17.3. The van der Waals surface area contributed by atoms with Gasteiger partial charge in [-0.2, -0.15) is 18.4 Å². The zero-order valence-electron chi connectivity index (χ0n) is 17.3. The van der Waals surface area contributed by atoms with Gasteiger partial charge in [0.1, 0.15) is 11.9 Å². The average Bonchev–Trinajstić information content (AvgIpc) is 2.82. The molecule has 4 aliphatic rings. The fourth-order valence-electron chi connectivity index (χ4n) is 5.40. The summed E-state index contributed by atoms with van der Waals surface area (Å²) < 4.78 is 42.2. The molecule has 3 aliphatic heterocycles. The van der Waals surface area contributed by atoms with Crippen molar-refractivity contribution < 1.29 is 13.2 Å². The number of nitrogens with one attached hydrogen (secondary N) is 1. The fourth-order valence-corrected chi connectivity index (χ4v) is 5.40. The molecule has 0 amide bonds. The summed E-state index contributed by atoms with van der Waals surface area (Å²) in [5.74, 6) is 0.313. The highest BCUT2D eigenvalue weighted by molar-refractivity contribution is 5.73. The van der Waals surface area contributed by atoms with Crippen LogP contribution in [0.15, 0.2) is 35.4 Å². The number of allylic oxidation sites excluding steroid dienone is 3. The Balaban J connectivity index is 1.66. The minimum atomic E-state index is -4.63. The summed E-state index contributed by atoms with van der Waals surface area (Å²) in [5.41, 5.74) is -2.38. The van der Waals surface area contributed by atoms with Crippen molar-refractivity contribution in [3.8, 4) is 6.07 Å². The van der Waals surface area contributed by atoms with Gasteiger partial charge in [0.2, 0.25) is 0 Å². The third-order valence-electron chi connectivity index (χ3n) is 7.50. The van der Waals surface area contributed by atoms with E-state index in [1.807, 2.05) is 36.1 Å². The van der Waals surface area contributed by atoms with Gasteiger partial charge in [-0.25, -0.2) is 4.98 Å². The lowest BCUT2D eigenvalue weighted by Gasteiger charge is -2.57. The van der Waals surface area contributed by atoms with E-state index in [1.165, 1.54) is 0 Å². The highest BCUT2D eigenvalue weighted by Gasteiger charge is 2.56. The molecule has 0 unspecified atom stereocenters. The number of halogens is 3. The number of nitrogens with zero attached hydrogens (tertiary/aromatic N) is 4. The summed E-state index contributed by atoms with van der Waals surface area (Å²) in [5, 5.41) is 13.1. The lowest BCUT2D eigenvalue weighted by atomic mass is 9.55. The maximum Gasteiger partial charge on any atom is 0.417 e. The number of hydrogen-bond acceptors (Lipinski definition) is 5. The molecule has 1 N–H and O–H groups in total. The Morgan fingerprint density at radius 2 is 1.90 bits per heavy atom. The summed E-state index contributed by atoms with van der Waals surface area (Å²) in [6.45, 7) is 5.05. The monoisotopic (exact) mass is 427 g/mol. The number of aromatic nitrogens is 1. The topological polar surface area (TPSA) is 64.3 Å². The molecule has 4 heterocycles. The lowest BCUT2D eigenvalue weighted by Crippen LogP contribution is -2.71. The molecule has 1 saturated carbocycles.